The molecule has 0 unspecified atom stereocenters. The standard InChI is InChI=1S/C14H22FNO3/c1-8(17)12-10-6-5-9(7-11(10)15)16(12)13(18)19-14(2,3)4/h9-12H,5-7H2,1-4H3/t9-,10+,11-,12+/m0/s1. The summed E-state index contributed by atoms with van der Waals surface area (Å²) in [5.41, 5.74) is -0.607. The van der Waals surface area contributed by atoms with Crippen LogP contribution in [0, 0.1) is 5.92 Å². The molecule has 3 aliphatic rings. The third kappa shape index (κ3) is 2.74. The molecule has 0 aromatic heterocycles. The molecular weight excluding hydrogens is 249 g/mol. The van der Waals surface area contributed by atoms with Gasteiger partial charge in [-0.3, -0.25) is 9.69 Å². The van der Waals surface area contributed by atoms with E-state index < -0.39 is 23.9 Å². The second-order valence-electron chi connectivity index (χ2n) is 6.59. The Bertz CT molecular complexity index is 391. The van der Waals surface area contributed by atoms with Crippen LogP contribution in [0.1, 0.15) is 47.0 Å². The van der Waals surface area contributed by atoms with Crippen molar-refractivity contribution in [2.24, 2.45) is 5.92 Å². The molecule has 1 amide bonds. The Kier molecular flexibility index (Phi) is 3.58. The van der Waals surface area contributed by atoms with E-state index in [1.54, 1.807) is 20.8 Å². The minimum absolute atomic E-state index is 0.150. The quantitative estimate of drug-likeness (QED) is 0.736. The largest absolute Gasteiger partial charge is 0.444 e. The Morgan fingerprint density at radius 2 is 1.89 bits per heavy atom. The van der Waals surface area contributed by atoms with Crippen molar-refractivity contribution in [3.8, 4) is 0 Å². The smallest absolute Gasteiger partial charge is 0.411 e. The van der Waals surface area contributed by atoms with Gasteiger partial charge < -0.3 is 4.74 Å². The lowest BCUT2D eigenvalue weighted by atomic mass is 9.72. The molecule has 0 radical (unpaired) electrons. The number of ether oxygens (including phenoxy) is 1. The first kappa shape index (κ1) is 14.3. The third-order valence-corrected chi connectivity index (χ3v) is 3.91. The summed E-state index contributed by atoms with van der Waals surface area (Å²) in [7, 11) is 0. The van der Waals surface area contributed by atoms with Gasteiger partial charge in [-0.1, -0.05) is 0 Å². The Labute approximate surface area is 113 Å². The van der Waals surface area contributed by atoms with Crippen molar-refractivity contribution in [3.63, 3.8) is 0 Å². The fourth-order valence-electron chi connectivity index (χ4n) is 3.23. The van der Waals surface area contributed by atoms with E-state index >= 15 is 0 Å². The van der Waals surface area contributed by atoms with Crippen LogP contribution in [0.4, 0.5) is 9.18 Å². The first-order chi connectivity index (χ1) is 8.70. The SMILES string of the molecule is CC(=O)[C@@H]1[C@@H]2CC[C@@H](C[C@@H]2F)N1C(=O)OC(C)(C)C. The zero-order valence-corrected chi connectivity index (χ0v) is 12.0. The molecule has 0 aromatic rings. The first-order valence-corrected chi connectivity index (χ1v) is 6.86. The van der Waals surface area contributed by atoms with Crippen molar-refractivity contribution in [1.82, 2.24) is 4.90 Å². The number of Topliss-reactive ketones (excluding diaryl/α,β-unsaturated/α-hetero) is 1. The Hall–Kier alpha value is -1.13. The van der Waals surface area contributed by atoms with Gasteiger partial charge in [0.1, 0.15) is 11.8 Å². The van der Waals surface area contributed by atoms with Gasteiger partial charge in [0.15, 0.2) is 5.78 Å². The summed E-state index contributed by atoms with van der Waals surface area (Å²) in [5, 5.41) is 0. The van der Waals surface area contributed by atoms with Gasteiger partial charge >= 0.3 is 6.09 Å². The average Bonchev–Trinajstić information content (AvgIpc) is 2.25. The Morgan fingerprint density at radius 1 is 1.26 bits per heavy atom. The fourth-order valence-corrected chi connectivity index (χ4v) is 3.23. The van der Waals surface area contributed by atoms with Crippen molar-refractivity contribution >= 4 is 11.9 Å². The number of amides is 1. The van der Waals surface area contributed by atoms with Gasteiger partial charge in [0.2, 0.25) is 0 Å². The van der Waals surface area contributed by atoms with Crippen LogP contribution in [-0.2, 0) is 9.53 Å². The second-order valence-corrected chi connectivity index (χ2v) is 6.59. The van der Waals surface area contributed by atoms with Crippen LogP contribution in [0.3, 0.4) is 0 Å². The second kappa shape index (κ2) is 4.76. The van der Waals surface area contributed by atoms with E-state index in [0.29, 0.717) is 12.8 Å². The highest BCUT2D eigenvalue weighted by Gasteiger charge is 2.52. The summed E-state index contributed by atoms with van der Waals surface area (Å²) in [6, 6.07) is -0.860. The number of carbonyl (C=O) groups excluding carboxylic acids is 2. The molecule has 0 N–H and O–H groups in total. The van der Waals surface area contributed by atoms with E-state index in [4.69, 9.17) is 4.74 Å². The van der Waals surface area contributed by atoms with Crippen molar-refractivity contribution in [1.29, 1.82) is 0 Å². The summed E-state index contributed by atoms with van der Waals surface area (Å²) in [6.45, 7) is 6.78. The van der Waals surface area contributed by atoms with Crippen LogP contribution in [0.5, 0.6) is 0 Å². The van der Waals surface area contributed by atoms with E-state index in [9.17, 15) is 14.0 Å². The van der Waals surface area contributed by atoms with Crippen LogP contribution in [0.25, 0.3) is 0 Å². The summed E-state index contributed by atoms with van der Waals surface area (Å²) < 4.78 is 19.3. The zero-order valence-electron chi connectivity index (χ0n) is 12.0. The zero-order chi connectivity index (χ0) is 14.4. The number of hydrogen-bond acceptors (Lipinski definition) is 3. The number of rotatable bonds is 1. The van der Waals surface area contributed by atoms with E-state index in [1.165, 1.54) is 11.8 Å². The molecule has 2 aliphatic heterocycles. The minimum atomic E-state index is -0.980. The van der Waals surface area contributed by atoms with Crippen LogP contribution in [0.15, 0.2) is 0 Å². The number of piperidine rings is 2. The summed E-state index contributed by atoms with van der Waals surface area (Å²) in [4.78, 5) is 25.5. The number of alkyl halides is 1. The molecule has 2 bridgehead atoms. The molecule has 0 spiro atoms. The monoisotopic (exact) mass is 271 g/mol. The van der Waals surface area contributed by atoms with Gasteiger partial charge in [-0.05, 0) is 47.0 Å². The van der Waals surface area contributed by atoms with E-state index in [-0.39, 0.29) is 17.7 Å². The molecule has 5 heteroatoms. The maximum atomic E-state index is 13.9. The molecule has 2 saturated heterocycles. The predicted octanol–water partition coefficient (Wildman–Crippen LogP) is 2.70. The number of halogens is 1. The summed E-state index contributed by atoms with van der Waals surface area (Å²) in [5.74, 6) is -0.516. The van der Waals surface area contributed by atoms with E-state index in [1.807, 2.05) is 0 Å². The maximum Gasteiger partial charge on any atom is 0.411 e. The molecule has 19 heavy (non-hydrogen) atoms. The number of fused-ring (bicyclic) bond motifs is 3. The lowest BCUT2D eigenvalue weighted by molar-refractivity contribution is -0.135. The highest BCUT2D eigenvalue weighted by Crippen LogP contribution is 2.42. The van der Waals surface area contributed by atoms with Gasteiger partial charge in [0.25, 0.3) is 0 Å². The molecular formula is C14H22FNO3. The van der Waals surface area contributed by atoms with Gasteiger partial charge in [-0.15, -0.1) is 0 Å². The number of ketones is 1. The summed E-state index contributed by atoms with van der Waals surface area (Å²) in [6.07, 6.45) is 0.289. The lowest BCUT2D eigenvalue weighted by Gasteiger charge is -2.51. The van der Waals surface area contributed by atoms with Crippen LogP contribution < -0.4 is 0 Å². The van der Waals surface area contributed by atoms with Crippen LogP contribution in [-0.4, -0.2) is 40.6 Å². The molecule has 4 atom stereocenters. The molecule has 108 valence electrons. The van der Waals surface area contributed by atoms with Crippen molar-refractivity contribution < 1.29 is 18.7 Å². The van der Waals surface area contributed by atoms with Gasteiger partial charge in [0, 0.05) is 12.0 Å². The topological polar surface area (TPSA) is 46.6 Å². The highest BCUT2D eigenvalue weighted by atomic mass is 19.1. The molecule has 3 fully saturated rings. The number of hydrogen-bond donors (Lipinski definition) is 0. The van der Waals surface area contributed by atoms with E-state index in [0.717, 1.165) is 6.42 Å². The highest BCUT2D eigenvalue weighted by molar-refractivity contribution is 5.86. The fraction of sp³-hybridized carbons (Fsp3) is 0.857. The summed E-state index contributed by atoms with van der Waals surface area (Å²) >= 11 is 0. The molecule has 4 nitrogen and oxygen atoms in total. The van der Waals surface area contributed by atoms with Crippen LogP contribution in [0.2, 0.25) is 0 Å². The Morgan fingerprint density at radius 3 is 2.37 bits per heavy atom. The maximum absolute atomic E-state index is 13.9. The molecule has 0 aromatic carbocycles. The molecule has 3 rings (SSSR count). The average molecular weight is 271 g/mol. The number of carbonyl (C=O) groups is 2. The minimum Gasteiger partial charge on any atom is -0.444 e. The lowest BCUT2D eigenvalue weighted by Crippen LogP contribution is -2.64. The molecule has 1 saturated carbocycles. The normalized spacial score (nSPS) is 34.3. The van der Waals surface area contributed by atoms with Crippen molar-refractivity contribution in [2.75, 3.05) is 0 Å². The van der Waals surface area contributed by atoms with Gasteiger partial charge in [-0.2, -0.15) is 0 Å². The first-order valence-electron chi connectivity index (χ1n) is 6.86. The Balaban J connectivity index is 2.22. The number of nitrogens with zero attached hydrogens (tertiary/aromatic N) is 1. The molecule has 1 aliphatic carbocycles. The van der Waals surface area contributed by atoms with Gasteiger partial charge in [-0.25, -0.2) is 9.18 Å². The van der Waals surface area contributed by atoms with Gasteiger partial charge in [0.05, 0.1) is 6.04 Å². The van der Waals surface area contributed by atoms with Crippen molar-refractivity contribution in [3.05, 3.63) is 0 Å². The van der Waals surface area contributed by atoms with Crippen molar-refractivity contribution in [2.45, 2.75) is 70.8 Å². The third-order valence-electron chi connectivity index (χ3n) is 3.91. The predicted molar refractivity (Wildman–Crippen MR) is 68.6 cm³/mol. The van der Waals surface area contributed by atoms with Crippen LogP contribution >= 0.6 is 0 Å². The van der Waals surface area contributed by atoms with E-state index in [2.05, 4.69) is 0 Å². The molecule has 2 heterocycles.